The lowest BCUT2D eigenvalue weighted by Crippen LogP contribution is -2.59. The van der Waals surface area contributed by atoms with Gasteiger partial charge in [-0.05, 0) is 144 Å². The number of nitrogens with two attached hydrogens (primary N) is 1. The molecule has 1 fully saturated rings. The van der Waals surface area contributed by atoms with Crippen LogP contribution in [-0.2, 0) is 79.8 Å². The van der Waals surface area contributed by atoms with Crippen molar-refractivity contribution in [2.45, 2.75) is 214 Å². The number of piperidine rings is 1. The largest absolute Gasteiger partial charge is 0.481 e. The molecule has 0 bridgehead atoms. The Bertz CT molecular complexity index is 3850. The Hall–Kier alpha value is -9.03. The van der Waals surface area contributed by atoms with Crippen molar-refractivity contribution in [3.63, 3.8) is 0 Å². The predicted octanol–water partition coefficient (Wildman–Crippen LogP) is 7.89. The van der Waals surface area contributed by atoms with Crippen LogP contribution in [0.15, 0.2) is 78.2 Å². The molecule has 2 aliphatic heterocycles. The number of fused-ring (bicyclic) bond motifs is 2. The summed E-state index contributed by atoms with van der Waals surface area (Å²) in [5.41, 5.74) is 8.97. The molecule has 9 atom stereocenters. The van der Waals surface area contributed by atoms with Gasteiger partial charge in [0.25, 0.3) is 5.91 Å². The van der Waals surface area contributed by atoms with E-state index in [0.29, 0.717) is 87.7 Å². The Morgan fingerprint density at radius 2 is 1.41 bits per heavy atom. The van der Waals surface area contributed by atoms with Crippen LogP contribution in [0.5, 0.6) is 0 Å². The summed E-state index contributed by atoms with van der Waals surface area (Å²) in [6.07, 6.45) is 13.0. The highest BCUT2D eigenvalue weighted by Crippen LogP contribution is 2.34. The number of nitrogens with one attached hydrogen (secondary N) is 7. The van der Waals surface area contributed by atoms with Crippen molar-refractivity contribution in [2.24, 2.45) is 28.9 Å². The van der Waals surface area contributed by atoms with Crippen LogP contribution in [-0.4, -0.2) is 213 Å². The number of rotatable bonds is 51. The van der Waals surface area contributed by atoms with Crippen molar-refractivity contribution in [3.8, 4) is 12.3 Å². The van der Waals surface area contributed by atoms with Crippen LogP contribution >= 0.6 is 11.3 Å². The van der Waals surface area contributed by atoms with Crippen LogP contribution in [0, 0.1) is 35.5 Å². The smallest absolute Gasteiger partial charge is 0.309 e. The van der Waals surface area contributed by atoms with Crippen LogP contribution in [0.3, 0.4) is 0 Å². The molecule has 3 heterocycles. The zero-order valence-electron chi connectivity index (χ0n) is 68.7. The van der Waals surface area contributed by atoms with E-state index in [2.05, 4.69) is 49.2 Å². The number of carboxylic acids is 1. The second-order valence-electron chi connectivity index (χ2n) is 30.7. The quantitative estimate of drug-likeness (QED) is 0.00869. The summed E-state index contributed by atoms with van der Waals surface area (Å²) in [7, 11) is 1.92. The van der Waals surface area contributed by atoms with Crippen molar-refractivity contribution in [2.75, 3.05) is 96.3 Å². The van der Waals surface area contributed by atoms with Crippen LogP contribution in [0.25, 0.3) is 12.2 Å². The lowest BCUT2D eigenvalue weighted by molar-refractivity contribution is -0.150. The number of anilines is 2. The fourth-order valence-electron chi connectivity index (χ4n) is 13.6. The summed E-state index contributed by atoms with van der Waals surface area (Å²) >= 11 is 1.10. The van der Waals surface area contributed by atoms with Crippen molar-refractivity contribution in [1.29, 1.82) is 0 Å². The highest BCUT2D eigenvalue weighted by molar-refractivity contribution is 7.09. The maximum Gasteiger partial charge on any atom is 0.309 e. The van der Waals surface area contributed by atoms with Crippen molar-refractivity contribution >= 4 is 94.1 Å². The van der Waals surface area contributed by atoms with Crippen LogP contribution < -0.4 is 47.9 Å². The normalized spacial score (nSPS) is 15.9. The number of esters is 1. The molecular formula is C85H124N12O17S. The number of amides is 8. The summed E-state index contributed by atoms with van der Waals surface area (Å²) in [6.45, 7) is 19.6. The number of unbranched alkanes of at least 4 members (excludes halogenated alkanes) is 2. The molecule has 0 radical (unpaired) electrons. The van der Waals surface area contributed by atoms with Crippen LogP contribution in [0.4, 0.5) is 11.4 Å². The molecule has 30 heteroatoms. The van der Waals surface area contributed by atoms with E-state index in [1.807, 2.05) is 94.2 Å². The minimum Gasteiger partial charge on any atom is -0.481 e. The Labute approximate surface area is 681 Å². The predicted molar refractivity (Wildman–Crippen MR) is 441 cm³/mol. The first-order valence-electron chi connectivity index (χ1n) is 40.3. The van der Waals surface area contributed by atoms with Gasteiger partial charge in [-0.1, -0.05) is 121 Å². The third-order valence-electron chi connectivity index (χ3n) is 20.4. The van der Waals surface area contributed by atoms with E-state index in [-0.39, 0.29) is 138 Å². The minimum absolute atomic E-state index is 0.00867. The van der Waals surface area contributed by atoms with Gasteiger partial charge in [-0.2, -0.15) is 0 Å². The van der Waals surface area contributed by atoms with Gasteiger partial charge in [-0.25, -0.2) is 4.98 Å². The molecule has 3 aromatic carbocycles. The molecule has 632 valence electrons. The average Bonchev–Trinajstić information content (AvgIpc) is 1.80. The van der Waals surface area contributed by atoms with E-state index in [4.69, 9.17) is 40.8 Å². The first-order valence-corrected chi connectivity index (χ1v) is 41.2. The number of aliphatic hydroxyl groups excluding tert-OH is 1. The Balaban J connectivity index is 0.958. The molecule has 6 rings (SSSR count). The molecule has 2 aliphatic rings. The van der Waals surface area contributed by atoms with E-state index in [1.54, 1.807) is 61.8 Å². The van der Waals surface area contributed by atoms with E-state index < -0.39 is 89.6 Å². The van der Waals surface area contributed by atoms with Gasteiger partial charge in [-0.15, -0.1) is 23.7 Å². The van der Waals surface area contributed by atoms with Crippen molar-refractivity contribution < 1.29 is 81.8 Å². The number of benzene rings is 3. The van der Waals surface area contributed by atoms with Gasteiger partial charge in [0, 0.05) is 75.3 Å². The fraction of sp³-hybridized carbons (Fsp3) is 0.588. The number of hydrogen-bond donors (Lipinski definition) is 10. The second kappa shape index (κ2) is 49.8. The number of para-hydroxylation sites is 1. The molecule has 4 aromatic rings. The number of carbonyl (C=O) groups excluding carboxylic acids is 9. The fourth-order valence-corrected chi connectivity index (χ4v) is 14.5. The number of likely N-dealkylation sites (N-methyl/N-ethyl adjacent to an activating group) is 1. The number of thiazole rings is 1. The van der Waals surface area contributed by atoms with Crippen molar-refractivity contribution in [3.05, 3.63) is 111 Å². The van der Waals surface area contributed by atoms with Gasteiger partial charge in [0.15, 0.2) is 12.5 Å². The third-order valence-corrected chi connectivity index (χ3v) is 21.4. The SMILES string of the molecule is C#CCCCCN(C(=O)C(NC(=O)[C@H]1CCCCN1C)[C@@H](C)CC)[C@H](C[C@@H](OC(C)=O)c1nc(C(=O)N[C@@H](Cc2ccc(NC(=O)[C@H](CCCNC(N)O)NC(=O)[C@@H](NC(=O)CCOCCOCCOCCOCCNC(=O)CCC(=O)N3Cc4ccccc4/C=C\c4ccccc43)C(C)C)cc2)CC(C)(C)C(=O)O)cs1)C(C)C. The molecule has 1 saturated heterocycles. The number of aromatic nitrogens is 1. The van der Waals surface area contributed by atoms with Gasteiger partial charge in [0.05, 0.1) is 76.5 Å². The summed E-state index contributed by atoms with van der Waals surface area (Å²) in [6, 6.07) is 17.7. The summed E-state index contributed by atoms with van der Waals surface area (Å²) in [4.78, 5) is 147. The Kier molecular flexibility index (Phi) is 41.0. The van der Waals surface area contributed by atoms with Gasteiger partial charge in [-0.3, -0.25) is 63.9 Å². The Morgan fingerprint density at radius 3 is 2.05 bits per heavy atom. The summed E-state index contributed by atoms with van der Waals surface area (Å²) < 4.78 is 28.4. The highest BCUT2D eigenvalue weighted by atomic mass is 32.1. The minimum atomic E-state index is -1.32. The molecule has 0 spiro atoms. The molecule has 8 amide bonds. The lowest BCUT2D eigenvalue weighted by atomic mass is 9.84. The highest BCUT2D eigenvalue weighted by Gasteiger charge is 2.40. The maximum atomic E-state index is 15.1. The number of carbonyl (C=O) groups is 10. The van der Waals surface area contributed by atoms with Crippen molar-refractivity contribution in [1.82, 2.24) is 46.7 Å². The molecule has 2 unspecified atom stereocenters. The molecule has 11 N–H and O–H groups in total. The van der Waals surface area contributed by atoms with Crippen LogP contribution in [0.1, 0.15) is 196 Å². The molecule has 29 nitrogen and oxygen atoms in total. The van der Waals surface area contributed by atoms with Crippen LogP contribution in [0.2, 0.25) is 0 Å². The van der Waals surface area contributed by atoms with Gasteiger partial charge >= 0.3 is 11.9 Å². The second-order valence-corrected chi connectivity index (χ2v) is 31.6. The number of ether oxygens (including phenoxy) is 5. The number of terminal acetylenes is 1. The first-order chi connectivity index (χ1) is 55.0. The number of carboxylic acid groups (broad SMARTS) is 1. The number of hydrogen-bond acceptors (Lipinski definition) is 21. The number of likely N-dealkylation sites (tertiary alicyclic amines) is 1. The molecular weight excluding hydrogens is 1490 g/mol. The Morgan fingerprint density at radius 1 is 0.748 bits per heavy atom. The monoisotopic (exact) mass is 1620 g/mol. The first kappa shape index (κ1) is 94.8. The standard InChI is InChI=1S/C85H124N12O17S/c1-12-14-15-21-42-96(82(106)76(58(7)13-2)94-79(104)69-29-20-22-41-95(69)11)70(56(3)4)52-71(114-59(8)98)81-92-67(55-115-81)78(103)90-65(53-85(9,10)83(107)108)51-60-30-34-64(35-31-60)89-77(102)66(27-23-39-88-84(86)109)91-80(105)75(57(5)6)93-73(100)38-43-110-45-47-112-49-50-113-48-46-111-44-40-87-72(99)36-37-74(101)97-54-63-26-17-16-24-61(63)32-33-62-25-18-19-28-68(62)97/h1,16-19,24-26,28,30-35,55-58,65-66,69-71,75-76,84,88,109H,13-15,20-23,27,29,36-54,86H2,2-11H3,(H,87,99)(H,89,102)(H,90,103)(H,91,105)(H,93,100)(H,94,104)(H,107,108)/b33-32-/t58-,65-,66-,69+,70+,71+,75-,76?,84?/m0/s1. The van der Waals surface area contributed by atoms with E-state index in [1.165, 1.54) is 12.3 Å². The lowest BCUT2D eigenvalue weighted by Gasteiger charge is -2.40. The van der Waals surface area contributed by atoms with Gasteiger partial charge < -0.3 is 75.6 Å². The van der Waals surface area contributed by atoms with E-state index in [0.717, 1.165) is 53.1 Å². The zero-order valence-corrected chi connectivity index (χ0v) is 69.5. The average molecular weight is 1620 g/mol. The van der Waals surface area contributed by atoms with E-state index in [9.17, 15) is 53.4 Å². The molecule has 115 heavy (non-hydrogen) atoms. The third kappa shape index (κ3) is 32.5. The number of aliphatic hydroxyl groups is 1. The van der Waals surface area contributed by atoms with Gasteiger partial charge in [0.1, 0.15) is 28.8 Å². The summed E-state index contributed by atoms with van der Waals surface area (Å²) in [5.74, 6) is -2.93. The van der Waals surface area contributed by atoms with E-state index >= 15 is 4.79 Å². The topological polar surface area (TPSA) is 390 Å². The number of aliphatic carboxylic acids is 1. The molecule has 0 saturated carbocycles. The zero-order chi connectivity index (χ0) is 84.0. The molecule has 1 aromatic heterocycles. The maximum absolute atomic E-state index is 15.1. The number of nitrogens with zero attached hydrogens (tertiary/aromatic N) is 4. The molecule has 0 aliphatic carbocycles. The summed E-state index contributed by atoms with van der Waals surface area (Å²) in [5, 5.41) is 41.9. The van der Waals surface area contributed by atoms with Gasteiger partial charge in [0.2, 0.25) is 41.4 Å².